The Bertz CT molecular complexity index is 187. The maximum absolute atomic E-state index is 5.50. The molecule has 0 aliphatic heterocycles. The van der Waals surface area contributed by atoms with Crippen molar-refractivity contribution >= 4 is 11.6 Å². The van der Waals surface area contributed by atoms with Crippen molar-refractivity contribution in [2.24, 2.45) is 0 Å². The molecule has 0 saturated carbocycles. The number of rotatable bonds is 1. The van der Waals surface area contributed by atoms with Gasteiger partial charge in [-0.15, -0.1) is 0 Å². The molecule has 0 fully saturated rings. The average Bonchev–Trinajstić information content (AvgIpc) is 1.90. The zero-order chi connectivity index (χ0) is 6.69. The summed E-state index contributed by atoms with van der Waals surface area (Å²) in [4.78, 5) is 3.79. The van der Waals surface area contributed by atoms with E-state index in [1.54, 1.807) is 25.4 Å². The minimum Gasteiger partial charge on any atom is -0.495 e. The smallest absolute Gasteiger partial charge is 0.137 e. The third-order valence-electron chi connectivity index (χ3n) is 0.936. The molecular formula is C6H9ClN2O. The summed E-state index contributed by atoms with van der Waals surface area (Å²) in [6.07, 6.45) is 1.57. The molecule has 4 heteroatoms. The van der Waals surface area contributed by atoms with Gasteiger partial charge in [0.15, 0.2) is 0 Å². The third kappa shape index (κ3) is 2.21. The van der Waals surface area contributed by atoms with E-state index in [1.165, 1.54) is 0 Å². The van der Waals surface area contributed by atoms with E-state index in [0.29, 0.717) is 5.15 Å². The molecule has 0 aliphatic rings. The number of methoxy groups -OCH3 is 1. The van der Waals surface area contributed by atoms with Crippen LogP contribution in [-0.2, 0) is 0 Å². The lowest BCUT2D eigenvalue weighted by atomic mass is 10.5. The van der Waals surface area contributed by atoms with Crippen LogP contribution in [0.3, 0.4) is 0 Å². The van der Waals surface area contributed by atoms with E-state index in [9.17, 15) is 0 Å². The molecule has 0 atom stereocenters. The fourth-order valence-corrected chi connectivity index (χ4v) is 0.595. The summed E-state index contributed by atoms with van der Waals surface area (Å²) in [6.45, 7) is 0. The molecule has 56 valence electrons. The molecule has 1 heterocycles. The standard InChI is InChI=1S/C6H6ClNO.H3N/c1-9-5-2-3-6(7)8-4-5;/h2-4H,1H3;1H3. The zero-order valence-electron chi connectivity index (χ0n) is 5.67. The zero-order valence-corrected chi connectivity index (χ0v) is 6.43. The molecule has 1 aromatic heterocycles. The van der Waals surface area contributed by atoms with E-state index in [0.717, 1.165) is 5.75 Å². The maximum Gasteiger partial charge on any atom is 0.137 e. The van der Waals surface area contributed by atoms with Crippen LogP contribution in [0.1, 0.15) is 0 Å². The Morgan fingerprint density at radius 1 is 1.50 bits per heavy atom. The molecule has 0 aliphatic carbocycles. The highest BCUT2D eigenvalue weighted by Crippen LogP contribution is 2.10. The maximum atomic E-state index is 5.50. The van der Waals surface area contributed by atoms with Gasteiger partial charge in [0, 0.05) is 0 Å². The second kappa shape index (κ2) is 4.09. The Labute approximate surface area is 64.6 Å². The molecule has 0 amide bonds. The van der Waals surface area contributed by atoms with Crippen LogP contribution < -0.4 is 10.9 Å². The molecule has 1 aromatic rings. The van der Waals surface area contributed by atoms with Crippen LogP contribution in [0.25, 0.3) is 0 Å². The molecule has 0 aromatic carbocycles. The van der Waals surface area contributed by atoms with Gasteiger partial charge in [-0.25, -0.2) is 4.98 Å². The third-order valence-corrected chi connectivity index (χ3v) is 1.16. The van der Waals surface area contributed by atoms with Crippen molar-refractivity contribution in [3.63, 3.8) is 0 Å². The second-order valence-corrected chi connectivity index (χ2v) is 1.91. The normalized spacial score (nSPS) is 8.20. The van der Waals surface area contributed by atoms with Gasteiger partial charge in [0.2, 0.25) is 0 Å². The van der Waals surface area contributed by atoms with Gasteiger partial charge in [0.25, 0.3) is 0 Å². The van der Waals surface area contributed by atoms with Crippen LogP contribution in [0.15, 0.2) is 18.3 Å². The Balaban J connectivity index is 0.000000810. The first-order valence-corrected chi connectivity index (χ1v) is 2.86. The van der Waals surface area contributed by atoms with E-state index in [4.69, 9.17) is 16.3 Å². The fourth-order valence-electron chi connectivity index (χ4n) is 0.483. The fraction of sp³-hybridized carbons (Fsp3) is 0.167. The first-order valence-electron chi connectivity index (χ1n) is 2.48. The van der Waals surface area contributed by atoms with Crippen LogP contribution in [0.2, 0.25) is 5.15 Å². The van der Waals surface area contributed by atoms with Crippen molar-refractivity contribution in [3.8, 4) is 5.75 Å². The summed E-state index contributed by atoms with van der Waals surface area (Å²) in [6, 6.07) is 3.44. The lowest BCUT2D eigenvalue weighted by Gasteiger charge is -1.95. The van der Waals surface area contributed by atoms with Crippen LogP contribution in [0.5, 0.6) is 5.75 Å². The number of nitrogens with zero attached hydrogens (tertiary/aromatic N) is 1. The SMILES string of the molecule is COc1ccc(Cl)nc1.N. The van der Waals surface area contributed by atoms with E-state index < -0.39 is 0 Å². The van der Waals surface area contributed by atoms with Gasteiger partial charge < -0.3 is 10.9 Å². The van der Waals surface area contributed by atoms with E-state index >= 15 is 0 Å². The summed E-state index contributed by atoms with van der Waals surface area (Å²) in [5.41, 5.74) is 0. The predicted octanol–water partition coefficient (Wildman–Crippen LogP) is 1.91. The Morgan fingerprint density at radius 3 is 2.60 bits per heavy atom. The van der Waals surface area contributed by atoms with Gasteiger partial charge in [0.1, 0.15) is 10.9 Å². The first-order chi connectivity index (χ1) is 4.33. The lowest BCUT2D eigenvalue weighted by Crippen LogP contribution is -1.82. The second-order valence-electron chi connectivity index (χ2n) is 1.52. The van der Waals surface area contributed by atoms with Gasteiger partial charge >= 0.3 is 0 Å². The molecule has 0 saturated heterocycles. The van der Waals surface area contributed by atoms with Gasteiger partial charge in [-0.1, -0.05) is 11.6 Å². The molecule has 0 radical (unpaired) electrons. The highest BCUT2D eigenvalue weighted by molar-refractivity contribution is 6.29. The molecule has 1 rings (SSSR count). The van der Waals surface area contributed by atoms with E-state index in [-0.39, 0.29) is 6.15 Å². The largest absolute Gasteiger partial charge is 0.495 e. The topological polar surface area (TPSA) is 57.1 Å². The minimum absolute atomic E-state index is 0. The molecule has 0 unspecified atom stereocenters. The van der Waals surface area contributed by atoms with Gasteiger partial charge in [0.05, 0.1) is 13.3 Å². The molecule has 3 N–H and O–H groups in total. The Hall–Kier alpha value is -0.800. The molecule has 3 nitrogen and oxygen atoms in total. The van der Waals surface area contributed by atoms with E-state index in [1.807, 2.05) is 0 Å². The highest BCUT2D eigenvalue weighted by Gasteiger charge is 1.88. The van der Waals surface area contributed by atoms with Gasteiger partial charge in [-0.3, -0.25) is 0 Å². The summed E-state index contributed by atoms with van der Waals surface area (Å²) < 4.78 is 4.85. The number of halogens is 1. The van der Waals surface area contributed by atoms with E-state index in [2.05, 4.69) is 4.98 Å². The van der Waals surface area contributed by atoms with Gasteiger partial charge in [-0.05, 0) is 12.1 Å². The quantitative estimate of drug-likeness (QED) is 0.639. The van der Waals surface area contributed by atoms with Gasteiger partial charge in [-0.2, -0.15) is 0 Å². The number of ether oxygens (including phenoxy) is 1. The van der Waals surface area contributed by atoms with Crippen molar-refractivity contribution in [1.82, 2.24) is 11.1 Å². The molecule has 0 bridgehead atoms. The summed E-state index contributed by atoms with van der Waals surface area (Å²) in [5.74, 6) is 0.722. The molecule has 0 spiro atoms. The number of hydrogen-bond acceptors (Lipinski definition) is 3. The Morgan fingerprint density at radius 2 is 2.20 bits per heavy atom. The monoisotopic (exact) mass is 160 g/mol. The lowest BCUT2D eigenvalue weighted by molar-refractivity contribution is 0.413. The van der Waals surface area contributed by atoms with Crippen LogP contribution in [0, 0.1) is 0 Å². The van der Waals surface area contributed by atoms with Crippen molar-refractivity contribution in [2.45, 2.75) is 0 Å². The van der Waals surface area contributed by atoms with Crippen molar-refractivity contribution in [3.05, 3.63) is 23.5 Å². The number of hydrogen-bond donors (Lipinski definition) is 1. The molecular weight excluding hydrogens is 152 g/mol. The average molecular weight is 161 g/mol. The number of aromatic nitrogens is 1. The first kappa shape index (κ1) is 9.20. The Kier molecular flexibility index (Phi) is 3.76. The molecule has 10 heavy (non-hydrogen) atoms. The van der Waals surface area contributed by atoms with Crippen LogP contribution in [0.4, 0.5) is 0 Å². The summed E-state index contributed by atoms with van der Waals surface area (Å²) in [7, 11) is 1.59. The van der Waals surface area contributed by atoms with Crippen molar-refractivity contribution < 1.29 is 4.74 Å². The van der Waals surface area contributed by atoms with Crippen LogP contribution >= 0.6 is 11.6 Å². The van der Waals surface area contributed by atoms with Crippen molar-refractivity contribution in [2.75, 3.05) is 7.11 Å². The highest BCUT2D eigenvalue weighted by atomic mass is 35.5. The van der Waals surface area contributed by atoms with Crippen molar-refractivity contribution in [1.29, 1.82) is 0 Å². The number of pyridine rings is 1. The summed E-state index contributed by atoms with van der Waals surface area (Å²) >= 11 is 5.50. The minimum atomic E-state index is 0. The predicted molar refractivity (Wildman–Crippen MR) is 40.8 cm³/mol. The van der Waals surface area contributed by atoms with Crippen LogP contribution in [-0.4, -0.2) is 12.1 Å². The summed E-state index contributed by atoms with van der Waals surface area (Å²) in [5, 5.41) is 0.482.